The number of hydrogen-bond acceptors (Lipinski definition) is 8. The Kier molecular flexibility index (Phi) is 8.09. The molecule has 2 N–H and O–H groups in total. The molecule has 4 aromatic rings. The minimum atomic E-state index is -3.87. The molecule has 0 bridgehead atoms. The first-order valence-electron chi connectivity index (χ1n) is 12.9. The Bertz CT molecular complexity index is 1820. The molecule has 1 aliphatic rings. The summed E-state index contributed by atoms with van der Waals surface area (Å²) in [5.74, 6) is 0. The van der Waals surface area contributed by atoms with Crippen molar-refractivity contribution in [3.63, 3.8) is 0 Å². The lowest BCUT2D eigenvalue weighted by molar-refractivity contribution is 0.0336. The third-order valence-electron chi connectivity index (χ3n) is 6.80. The minimum absolute atomic E-state index is 0.138. The number of benzene rings is 3. The summed E-state index contributed by atoms with van der Waals surface area (Å²) in [6.45, 7) is 4.02. The molecule has 0 unspecified atom stereocenters. The van der Waals surface area contributed by atoms with Crippen LogP contribution in [0.25, 0.3) is 21.9 Å². The number of amides is 2. The molecular weight excluding hydrogens is 564 g/mol. The number of carbonyl (C=O) groups is 1. The first-order valence-corrected chi connectivity index (χ1v) is 16.7. The quantitative estimate of drug-likeness (QED) is 0.325. The largest absolute Gasteiger partial charge is 0.379 e. The highest BCUT2D eigenvalue weighted by Crippen LogP contribution is 2.33. The van der Waals surface area contributed by atoms with E-state index in [2.05, 4.69) is 20.5 Å². The molecule has 12 heteroatoms. The highest BCUT2D eigenvalue weighted by atomic mass is 32.2. The number of carbonyl (C=O) groups excluding carboxylic acids is 1. The third-order valence-corrected chi connectivity index (χ3v) is 9.22. The van der Waals surface area contributed by atoms with Gasteiger partial charge in [-0.15, -0.1) is 0 Å². The van der Waals surface area contributed by atoms with E-state index in [9.17, 15) is 21.6 Å². The van der Waals surface area contributed by atoms with Gasteiger partial charge in [0.25, 0.3) is 0 Å². The van der Waals surface area contributed by atoms with Crippen LogP contribution in [0.3, 0.4) is 0 Å². The SMILES string of the molecule is CS(=O)(=O)c1ccc(NC(=O)Nc2ccc(-c3ccc(CN4CCOCC4)nc3)c3ccccc23)cc1S(C)(=O)=O. The topological polar surface area (TPSA) is 135 Å². The summed E-state index contributed by atoms with van der Waals surface area (Å²) in [6, 6.07) is 18.5. The van der Waals surface area contributed by atoms with Crippen LogP contribution in [-0.4, -0.2) is 71.6 Å². The van der Waals surface area contributed by atoms with E-state index in [4.69, 9.17) is 4.74 Å². The maximum atomic E-state index is 12.9. The number of nitrogens with one attached hydrogen (secondary N) is 2. The molecule has 214 valence electrons. The summed E-state index contributed by atoms with van der Waals surface area (Å²) in [7, 11) is -7.66. The van der Waals surface area contributed by atoms with Crippen LogP contribution in [0.1, 0.15) is 5.69 Å². The maximum absolute atomic E-state index is 12.9. The first-order chi connectivity index (χ1) is 19.5. The zero-order valence-electron chi connectivity index (χ0n) is 22.6. The number of ether oxygens (including phenoxy) is 1. The van der Waals surface area contributed by atoms with Crippen LogP contribution in [0.2, 0.25) is 0 Å². The van der Waals surface area contributed by atoms with Crippen molar-refractivity contribution in [3.8, 4) is 11.1 Å². The van der Waals surface area contributed by atoms with Crippen molar-refractivity contribution >= 4 is 47.9 Å². The summed E-state index contributed by atoms with van der Waals surface area (Å²) >= 11 is 0. The maximum Gasteiger partial charge on any atom is 0.323 e. The van der Waals surface area contributed by atoms with E-state index in [1.54, 1.807) is 6.07 Å². The molecule has 41 heavy (non-hydrogen) atoms. The molecule has 0 spiro atoms. The first kappa shape index (κ1) is 28.7. The Morgan fingerprint density at radius 3 is 2.22 bits per heavy atom. The molecule has 0 atom stereocenters. The molecular formula is C29H30N4O6S2. The smallest absolute Gasteiger partial charge is 0.323 e. The number of sulfone groups is 2. The van der Waals surface area contributed by atoms with Gasteiger partial charge in [-0.05, 0) is 41.3 Å². The molecule has 1 fully saturated rings. The van der Waals surface area contributed by atoms with E-state index in [-0.39, 0.29) is 15.5 Å². The standard InChI is InChI=1S/C29H30N4O6S2/c1-40(35,36)27-12-9-21(17-28(27)41(2,37)38)31-29(34)32-26-11-10-23(24-5-3-4-6-25(24)26)20-7-8-22(30-18-20)19-33-13-15-39-16-14-33/h3-12,17-18H,13-16,19H2,1-2H3,(H2,31,32,34). The van der Waals surface area contributed by atoms with Crippen molar-refractivity contribution in [2.24, 2.45) is 0 Å². The molecule has 0 aliphatic carbocycles. The highest BCUT2D eigenvalue weighted by molar-refractivity contribution is 7.93. The highest BCUT2D eigenvalue weighted by Gasteiger charge is 2.22. The van der Waals surface area contributed by atoms with Crippen molar-refractivity contribution in [3.05, 3.63) is 78.6 Å². The van der Waals surface area contributed by atoms with Crippen LogP contribution in [0, 0.1) is 0 Å². The third kappa shape index (κ3) is 6.73. The van der Waals surface area contributed by atoms with Gasteiger partial charge in [-0.1, -0.05) is 36.4 Å². The molecule has 1 saturated heterocycles. The number of pyridine rings is 1. The van der Waals surface area contributed by atoms with Crippen molar-refractivity contribution in [2.45, 2.75) is 16.3 Å². The Morgan fingerprint density at radius 1 is 0.854 bits per heavy atom. The van der Waals surface area contributed by atoms with Gasteiger partial charge < -0.3 is 15.4 Å². The lowest BCUT2D eigenvalue weighted by Crippen LogP contribution is -2.35. The van der Waals surface area contributed by atoms with Gasteiger partial charge in [-0.3, -0.25) is 9.88 Å². The van der Waals surface area contributed by atoms with Crippen molar-refractivity contribution in [2.75, 3.05) is 49.4 Å². The number of urea groups is 1. The zero-order chi connectivity index (χ0) is 29.2. The molecule has 3 aromatic carbocycles. The van der Waals surface area contributed by atoms with Gasteiger partial charge in [-0.2, -0.15) is 0 Å². The predicted octanol–water partition coefficient (Wildman–Crippen LogP) is 4.19. The molecule has 10 nitrogen and oxygen atoms in total. The van der Waals surface area contributed by atoms with Crippen molar-refractivity contribution < 1.29 is 26.4 Å². The van der Waals surface area contributed by atoms with Gasteiger partial charge in [0, 0.05) is 55.0 Å². The van der Waals surface area contributed by atoms with Crippen LogP contribution in [0.5, 0.6) is 0 Å². The van der Waals surface area contributed by atoms with E-state index in [1.807, 2.05) is 48.7 Å². The van der Waals surface area contributed by atoms with Crippen LogP contribution in [0.4, 0.5) is 16.2 Å². The summed E-state index contributed by atoms with van der Waals surface area (Å²) in [5, 5.41) is 7.15. The normalized spacial score (nSPS) is 14.6. The molecule has 1 aliphatic heterocycles. The number of fused-ring (bicyclic) bond motifs is 1. The number of rotatable bonds is 7. The Hall–Kier alpha value is -3.84. The van der Waals surface area contributed by atoms with Crippen LogP contribution >= 0.6 is 0 Å². The molecule has 1 aromatic heterocycles. The summed E-state index contributed by atoms with van der Waals surface area (Å²) in [4.78, 5) is 19.2. The van der Waals surface area contributed by atoms with E-state index >= 15 is 0 Å². The molecule has 2 amide bonds. The Balaban J connectivity index is 1.37. The van der Waals surface area contributed by atoms with E-state index in [1.165, 1.54) is 12.1 Å². The van der Waals surface area contributed by atoms with E-state index < -0.39 is 25.7 Å². The second kappa shape index (κ2) is 11.6. The lowest BCUT2D eigenvalue weighted by atomic mass is 9.98. The van der Waals surface area contributed by atoms with Crippen molar-refractivity contribution in [1.29, 1.82) is 0 Å². The van der Waals surface area contributed by atoms with Gasteiger partial charge in [0.15, 0.2) is 19.7 Å². The fourth-order valence-corrected chi connectivity index (χ4v) is 7.21. The van der Waals surface area contributed by atoms with Crippen LogP contribution < -0.4 is 10.6 Å². The molecule has 0 saturated carbocycles. The average Bonchev–Trinajstić information content (AvgIpc) is 2.93. The Morgan fingerprint density at radius 2 is 1.56 bits per heavy atom. The molecule has 5 rings (SSSR count). The lowest BCUT2D eigenvalue weighted by Gasteiger charge is -2.26. The average molecular weight is 595 g/mol. The fraction of sp³-hybridized carbons (Fsp3) is 0.241. The number of nitrogens with zero attached hydrogens (tertiary/aromatic N) is 2. The van der Waals surface area contributed by atoms with Gasteiger partial charge in [-0.25, -0.2) is 21.6 Å². The second-order valence-electron chi connectivity index (χ2n) is 9.92. The van der Waals surface area contributed by atoms with Gasteiger partial charge in [0.2, 0.25) is 0 Å². The van der Waals surface area contributed by atoms with Gasteiger partial charge >= 0.3 is 6.03 Å². The monoisotopic (exact) mass is 594 g/mol. The van der Waals surface area contributed by atoms with Crippen molar-refractivity contribution in [1.82, 2.24) is 9.88 Å². The number of aromatic nitrogens is 1. The minimum Gasteiger partial charge on any atom is -0.379 e. The Labute approximate surface area is 239 Å². The van der Waals surface area contributed by atoms with E-state index in [0.29, 0.717) is 5.69 Å². The summed E-state index contributed by atoms with van der Waals surface area (Å²) in [5.41, 5.74) is 3.58. The molecule has 2 heterocycles. The van der Waals surface area contributed by atoms with Gasteiger partial charge in [0.1, 0.15) is 0 Å². The summed E-state index contributed by atoms with van der Waals surface area (Å²) < 4.78 is 54.0. The van der Waals surface area contributed by atoms with E-state index in [0.717, 1.165) is 79.0 Å². The fourth-order valence-electron chi connectivity index (χ4n) is 4.79. The number of anilines is 2. The predicted molar refractivity (Wildman–Crippen MR) is 159 cm³/mol. The second-order valence-corrected chi connectivity index (χ2v) is 13.9. The zero-order valence-corrected chi connectivity index (χ0v) is 24.3. The number of hydrogen-bond donors (Lipinski definition) is 2. The number of morpholine rings is 1. The van der Waals surface area contributed by atoms with Crippen LogP contribution in [-0.2, 0) is 31.0 Å². The molecule has 0 radical (unpaired) electrons. The van der Waals surface area contributed by atoms with Crippen LogP contribution in [0.15, 0.2) is 82.7 Å². The van der Waals surface area contributed by atoms with Gasteiger partial charge in [0.05, 0.1) is 34.4 Å². The summed E-state index contributed by atoms with van der Waals surface area (Å²) in [6.07, 6.45) is 3.71.